The van der Waals surface area contributed by atoms with E-state index in [-0.39, 0.29) is 0 Å². The number of hydrogen-bond donors (Lipinski definition) is 1. The summed E-state index contributed by atoms with van der Waals surface area (Å²) >= 11 is 0. The average Bonchev–Trinajstić information content (AvgIpc) is 2.72. The van der Waals surface area contributed by atoms with Gasteiger partial charge < -0.3 is 14.2 Å². The smallest absolute Gasteiger partial charge is 0.459 e. The zero-order chi connectivity index (χ0) is 25.8. The molecule has 0 aliphatic carbocycles. The van der Waals surface area contributed by atoms with Crippen LogP contribution in [0, 0.1) is 0 Å². The van der Waals surface area contributed by atoms with E-state index in [0.29, 0.717) is 7.11 Å². The fraction of sp³-hybridized carbons (Fsp3) is 0.350. The van der Waals surface area contributed by atoms with Crippen molar-refractivity contribution in [3.8, 4) is 5.75 Å². The van der Waals surface area contributed by atoms with Crippen LogP contribution in [0.4, 0.5) is 26.3 Å². The fourth-order valence-corrected chi connectivity index (χ4v) is 3.94. The Morgan fingerprint density at radius 2 is 1.53 bits per heavy atom. The molecular weight excluding hydrogens is 496 g/mol. The minimum Gasteiger partial charge on any atom is -0.459 e. The third-order valence-electron chi connectivity index (χ3n) is 4.41. The van der Waals surface area contributed by atoms with E-state index in [4.69, 9.17) is 4.74 Å². The topological polar surface area (TPSA) is 90.9 Å². The molecule has 0 aliphatic heterocycles. The molecule has 0 aliphatic rings. The summed E-state index contributed by atoms with van der Waals surface area (Å²) < 4.78 is 118. The monoisotopic (exact) mass is 515 g/mol. The van der Waals surface area contributed by atoms with Crippen molar-refractivity contribution in [1.29, 1.82) is 0 Å². The first kappa shape index (κ1) is 27.4. The first-order chi connectivity index (χ1) is 15.6. The third-order valence-corrected chi connectivity index (χ3v) is 5.85. The number of esters is 1. The van der Waals surface area contributed by atoms with Gasteiger partial charge in [0.15, 0.2) is 0 Å². The van der Waals surface area contributed by atoms with E-state index >= 15 is 0 Å². The summed E-state index contributed by atoms with van der Waals surface area (Å²) in [5.41, 5.74) is -3.99. The Labute approximate surface area is 190 Å². The van der Waals surface area contributed by atoms with Crippen LogP contribution in [0.25, 0.3) is 0 Å². The van der Waals surface area contributed by atoms with Crippen molar-refractivity contribution in [3.63, 3.8) is 0 Å². The molecule has 2 aromatic carbocycles. The number of rotatable bonds is 9. The van der Waals surface area contributed by atoms with Gasteiger partial charge >= 0.3 is 18.5 Å². The number of methoxy groups -OCH3 is 1. The van der Waals surface area contributed by atoms with E-state index in [2.05, 4.69) is 9.47 Å². The molecular formula is C20H19F6NO6S. The molecule has 1 N–H and O–H groups in total. The Balaban J connectivity index is 2.12. The maximum Gasteiger partial charge on any atom is 0.573 e. The summed E-state index contributed by atoms with van der Waals surface area (Å²) in [6.07, 6.45) is -11.6. The third kappa shape index (κ3) is 6.39. The lowest BCUT2D eigenvalue weighted by Gasteiger charge is -2.33. The first-order valence-electron chi connectivity index (χ1n) is 9.36. The first-order valence-corrected chi connectivity index (χ1v) is 10.8. The number of nitrogens with one attached hydrogen (secondary N) is 1. The van der Waals surface area contributed by atoms with Gasteiger partial charge in [0.25, 0.3) is 5.60 Å². The van der Waals surface area contributed by atoms with Gasteiger partial charge in [-0.3, -0.25) is 0 Å². The van der Waals surface area contributed by atoms with Crippen molar-refractivity contribution >= 4 is 16.0 Å². The standard InChI is InChI=1S/C20H19F6NO6S/c1-13(12-27-34(29,30)16-10-8-15(9-11-16)33-20(24,25)26)32-17(28)18(31-2,19(21,22)23)14-6-4-3-5-7-14/h3-11,13,27H,12H2,1-2H3. The predicted octanol–water partition coefficient (Wildman–Crippen LogP) is 3.90. The van der Waals surface area contributed by atoms with Crippen LogP contribution in [0.2, 0.25) is 0 Å². The number of benzene rings is 2. The Morgan fingerprint density at radius 3 is 2.00 bits per heavy atom. The molecule has 188 valence electrons. The summed E-state index contributed by atoms with van der Waals surface area (Å²) in [5, 5.41) is 0. The van der Waals surface area contributed by atoms with Crippen molar-refractivity contribution in [2.24, 2.45) is 0 Å². The molecule has 0 amide bonds. The van der Waals surface area contributed by atoms with Crippen LogP contribution in [0.3, 0.4) is 0 Å². The summed E-state index contributed by atoms with van der Waals surface area (Å²) in [5.74, 6) is -2.47. The number of halogens is 6. The molecule has 0 spiro atoms. The van der Waals surface area contributed by atoms with E-state index < -0.39 is 63.0 Å². The molecule has 0 fully saturated rings. The Morgan fingerprint density at radius 1 is 0.971 bits per heavy atom. The van der Waals surface area contributed by atoms with Gasteiger partial charge in [-0.1, -0.05) is 30.3 Å². The summed E-state index contributed by atoms with van der Waals surface area (Å²) in [6.45, 7) is 0.504. The van der Waals surface area contributed by atoms with Crippen molar-refractivity contribution < 1.29 is 53.8 Å². The summed E-state index contributed by atoms with van der Waals surface area (Å²) in [6, 6.07) is 9.21. The van der Waals surface area contributed by atoms with Crippen LogP contribution in [-0.4, -0.2) is 46.7 Å². The molecule has 2 unspecified atom stereocenters. The van der Waals surface area contributed by atoms with E-state index in [0.717, 1.165) is 43.3 Å². The van der Waals surface area contributed by atoms with E-state index in [1.807, 2.05) is 4.72 Å². The van der Waals surface area contributed by atoms with Crippen molar-refractivity contribution in [2.75, 3.05) is 13.7 Å². The average molecular weight is 515 g/mol. The van der Waals surface area contributed by atoms with Crippen LogP contribution >= 0.6 is 0 Å². The second-order valence-corrected chi connectivity index (χ2v) is 8.60. The van der Waals surface area contributed by atoms with Crippen LogP contribution in [0.1, 0.15) is 12.5 Å². The van der Waals surface area contributed by atoms with E-state index in [1.54, 1.807) is 0 Å². The van der Waals surface area contributed by atoms with Crippen LogP contribution in [-0.2, 0) is 29.9 Å². The predicted molar refractivity (Wildman–Crippen MR) is 105 cm³/mol. The van der Waals surface area contributed by atoms with Crippen LogP contribution < -0.4 is 9.46 Å². The van der Waals surface area contributed by atoms with Gasteiger partial charge in [0, 0.05) is 19.2 Å². The number of carbonyl (C=O) groups is 1. The summed E-state index contributed by atoms with van der Waals surface area (Å²) in [7, 11) is -3.62. The van der Waals surface area contributed by atoms with Gasteiger partial charge in [-0.25, -0.2) is 17.9 Å². The maximum absolute atomic E-state index is 13.9. The highest BCUT2D eigenvalue weighted by Crippen LogP contribution is 2.43. The summed E-state index contributed by atoms with van der Waals surface area (Å²) in [4.78, 5) is 12.1. The molecule has 34 heavy (non-hydrogen) atoms. The molecule has 0 heterocycles. The zero-order valence-corrected chi connectivity index (χ0v) is 18.4. The molecule has 0 saturated carbocycles. The molecule has 0 aromatic heterocycles. The SMILES string of the molecule is COC(C(=O)OC(C)CNS(=O)(=O)c1ccc(OC(F)(F)F)cc1)(c1ccccc1)C(F)(F)F. The number of sulfonamides is 1. The van der Waals surface area contributed by atoms with Gasteiger partial charge in [-0.2, -0.15) is 13.2 Å². The number of carbonyl (C=O) groups excluding carboxylic acids is 1. The van der Waals surface area contributed by atoms with Gasteiger partial charge in [0.05, 0.1) is 4.90 Å². The maximum atomic E-state index is 13.9. The van der Waals surface area contributed by atoms with Gasteiger partial charge in [-0.05, 0) is 31.2 Å². The normalized spacial score (nSPS) is 15.3. The van der Waals surface area contributed by atoms with Gasteiger partial charge in [0.1, 0.15) is 11.9 Å². The lowest BCUT2D eigenvalue weighted by molar-refractivity contribution is -0.278. The highest BCUT2D eigenvalue weighted by Gasteiger charge is 2.64. The Kier molecular flexibility index (Phi) is 8.22. The minimum absolute atomic E-state index is 0.452. The molecule has 0 saturated heterocycles. The largest absolute Gasteiger partial charge is 0.573 e. The van der Waals surface area contributed by atoms with Crippen molar-refractivity contribution in [2.45, 2.75) is 36.1 Å². The molecule has 0 bridgehead atoms. The molecule has 2 rings (SSSR count). The van der Waals surface area contributed by atoms with E-state index in [9.17, 15) is 39.6 Å². The minimum atomic E-state index is -5.21. The zero-order valence-electron chi connectivity index (χ0n) is 17.6. The molecule has 0 radical (unpaired) electrons. The molecule has 2 atom stereocenters. The van der Waals surface area contributed by atoms with Gasteiger partial charge in [0.2, 0.25) is 10.0 Å². The van der Waals surface area contributed by atoms with Crippen molar-refractivity contribution in [3.05, 3.63) is 60.2 Å². The van der Waals surface area contributed by atoms with Crippen LogP contribution in [0.15, 0.2) is 59.5 Å². The fourth-order valence-electron chi connectivity index (χ4n) is 2.83. The Bertz CT molecular complexity index is 1070. The van der Waals surface area contributed by atoms with E-state index in [1.165, 1.54) is 18.2 Å². The highest BCUT2D eigenvalue weighted by atomic mass is 32.2. The molecule has 14 heteroatoms. The highest BCUT2D eigenvalue weighted by molar-refractivity contribution is 7.89. The number of hydrogen-bond acceptors (Lipinski definition) is 6. The van der Waals surface area contributed by atoms with Crippen LogP contribution in [0.5, 0.6) is 5.75 Å². The Hall–Kier alpha value is -2.84. The lowest BCUT2D eigenvalue weighted by atomic mass is 9.92. The second kappa shape index (κ2) is 10.2. The quantitative estimate of drug-likeness (QED) is 0.403. The number of ether oxygens (including phenoxy) is 3. The van der Waals surface area contributed by atoms with Gasteiger partial charge in [-0.15, -0.1) is 13.2 Å². The molecule has 2 aromatic rings. The van der Waals surface area contributed by atoms with Crippen molar-refractivity contribution in [1.82, 2.24) is 4.72 Å². The second-order valence-electron chi connectivity index (χ2n) is 6.84. The lowest BCUT2D eigenvalue weighted by Crippen LogP contribution is -2.53. The number of alkyl halides is 6. The molecule has 7 nitrogen and oxygen atoms in total.